The van der Waals surface area contributed by atoms with Crippen molar-refractivity contribution in [3.05, 3.63) is 53.6 Å². The first kappa shape index (κ1) is 23.6. The molecule has 0 fully saturated rings. The number of nitrogens with zero attached hydrogens (tertiary/aromatic N) is 3. The summed E-state index contributed by atoms with van der Waals surface area (Å²) >= 11 is 0. The second-order valence-electron chi connectivity index (χ2n) is 6.76. The van der Waals surface area contributed by atoms with E-state index in [-0.39, 0.29) is 11.5 Å². The van der Waals surface area contributed by atoms with Gasteiger partial charge in [-0.25, -0.2) is 13.8 Å². The standard InChI is InChI=1S/C19H24F5N5O/c1-4-25-17(28-12(2)14-6-5-13(20)11-15(14)21)27-8-7-18(30,19(22,23)24)16-26-9-10-29(16)3/h5-6,9-12,30H,4,7-8H2,1-3H3,(H2,25,27,28). The summed E-state index contributed by atoms with van der Waals surface area (Å²) in [5.41, 5.74) is -3.01. The van der Waals surface area contributed by atoms with E-state index in [2.05, 4.69) is 20.6 Å². The van der Waals surface area contributed by atoms with Gasteiger partial charge in [-0.2, -0.15) is 13.2 Å². The molecule has 6 nitrogen and oxygen atoms in total. The molecule has 0 aliphatic rings. The van der Waals surface area contributed by atoms with Gasteiger partial charge in [0.05, 0.1) is 6.04 Å². The maximum atomic E-state index is 14.0. The first-order valence-electron chi connectivity index (χ1n) is 9.26. The van der Waals surface area contributed by atoms with Crippen LogP contribution in [-0.2, 0) is 12.6 Å². The van der Waals surface area contributed by atoms with Crippen LogP contribution in [0.3, 0.4) is 0 Å². The van der Waals surface area contributed by atoms with Crippen LogP contribution in [0.2, 0.25) is 0 Å². The molecule has 30 heavy (non-hydrogen) atoms. The van der Waals surface area contributed by atoms with Crippen LogP contribution in [0, 0.1) is 11.6 Å². The van der Waals surface area contributed by atoms with Crippen LogP contribution in [0.15, 0.2) is 35.6 Å². The summed E-state index contributed by atoms with van der Waals surface area (Å²) in [4.78, 5) is 7.70. The molecular formula is C19H24F5N5O. The average molecular weight is 433 g/mol. The zero-order chi connectivity index (χ0) is 22.5. The highest BCUT2D eigenvalue weighted by molar-refractivity contribution is 5.80. The Hall–Kier alpha value is -2.69. The first-order chi connectivity index (χ1) is 14.0. The van der Waals surface area contributed by atoms with Gasteiger partial charge in [-0.15, -0.1) is 0 Å². The number of aromatic nitrogens is 2. The number of aryl methyl sites for hydroxylation is 1. The summed E-state index contributed by atoms with van der Waals surface area (Å²) in [7, 11) is 1.35. The van der Waals surface area contributed by atoms with E-state index in [0.29, 0.717) is 6.54 Å². The third kappa shape index (κ3) is 5.26. The lowest BCUT2D eigenvalue weighted by Gasteiger charge is -2.29. The van der Waals surface area contributed by atoms with Crippen molar-refractivity contribution in [2.75, 3.05) is 13.1 Å². The molecule has 1 aromatic heterocycles. The molecule has 0 spiro atoms. The molecule has 2 rings (SSSR count). The van der Waals surface area contributed by atoms with E-state index >= 15 is 0 Å². The van der Waals surface area contributed by atoms with Crippen LogP contribution in [0.5, 0.6) is 0 Å². The lowest BCUT2D eigenvalue weighted by Crippen LogP contribution is -2.45. The molecular weight excluding hydrogens is 409 g/mol. The number of alkyl halides is 3. The van der Waals surface area contributed by atoms with Crippen molar-refractivity contribution in [1.29, 1.82) is 0 Å². The Morgan fingerprint density at radius 3 is 2.53 bits per heavy atom. The topological polar surface area (TPSA) is 74.5 Å². The second kappa shape index (κ2) is 9.41. The Morgan fingerprint density at radius 1 is 1.30 bits per heavy atom. The molecule has 1 aromatic carbocycles. The number of aliphatic imine (C=N–C) groups is 1. The summed E-state index contributed by atoms with van der Waals surface area (Å²) < 4.78 is 68.9. The zero-order valence-electron chi connectivity index (χ0n) is 16.8. The smallest absolute Gasteiger partial charge is 0.374 e. The average Bonchev–Trinajstić information content (AvgIpc) is 3.07. The van der Waals surface area contributed by atoms with Crippen molar-refractivity contribution in [2.45, 2.75) is 38.1 Å². The predicted molar refractivity (Wildman–Crippen MR) is 102 cm³/mol. The van der Waals surface area contributed by atoms with Gasteiger partial charge in [0.2, 0.25) is 5.60 Å². The van der Waals surface area contributed by atoms with Crippen molar-refractivity contribution in [3.63, 3.8) is 0 Å². The van der Waals surface area contributed by atoms with E-state index < -0.39 is 48.2 Å². The third-order valence-corrected chi connectivity index (χ3v) is 4.53. The molecule has 0 saturated heterocycles. The molecule has 0 aliphatic carbocycles. The van der Waals surface area contributed by atoms with E-state index in [4.69, 9.17) is 0 Å². The Balaban J connectivity index is 2.17. The molecule has 2 unspecified atom stereocenters. The van der Waals surface area contributed by atoms with Gasteiger partial charge in [0, 0.05) is 50.6 Å². The fourth-order valence-corrected chi connectivity index (χ4v) is 2.93. The summed E-state index contributed by atoms with van der Waals surface area (Å²) in [6, 6.07) is 2.49. The van der Waals surface area contributed by atoms with Crippen molar-refractivity contribution in [3.8, 4) is 0 Å². The van der Waals surface area contributed by atoms with Crippen molar-refractivity contribution >= 4 is 5.96 Å². The lowest BCUT2D eigenvalue weighted by atomic mass is 9.98. The Labute approximate surface area is 170 Å². The van der Waals surface area contributed by atoms with Crippen LogP contribution in [0.1, 0.15) is 37.7 Å². The van der Waals surface area contributed by atoms with E-state index in [9.17, 15) is 27.1 Å². The molecule has 0 aliphatic heterocycles. The van der Waals surface area contributed by atoms with Gasteiger partial charge in [0.25, 0.3) is 0 Å². The Morgan fingerprint density at radius 2 is 2.00 bits per heavy atom. The van der Waals surface area contributed by atoms with E-state index in [1.807, 2.05) is 0 Å². The Kier molecular flexibility index (Phi) is 7.40. The van der Waals surface area contributed by atoms with Crippen LogP contribution < -0.4 is 10.6 Å². The van der Waals surface area contributed by atoms with Gasteiger partial charge >= 0.3 is 6.18 Å². The molecule has 1 heterocycles. The second-order valence-corrected chi connectivity index (χ2v) is 6.76. The number of halogens is 5. The number of nitrogens with one attached hydrogen (secondary N) is 2. The fraction of sp³-hybridized carbons (Fsp3) is 0.474. The summed E-state index contributed by atoms with van der Waals surface area (Å²) in [6.07, 6.45) is -3.26. The monoisotopic (exact) mass is 433 g/mol. The molecule has 0 bridgehead atoms. The van der Waals surface area contributed by atoms with E-state index in [0.717, 1.165) is 16.7 Å². The molecule has 0 amide bonds. The van der Waals surface area contributed by atoms with Crippen LogP contribution in [0.4, 0.5) is 22.0 Å². The van der Waals surface area contributed by atoms with E-state index in [1.54, 1.807) is 13.8 Å². The molecule has 3 N–H and O–H groups in total. The summed E-state index contributed by atoms with van der Waals surface area (Å²) in [5.74, 6) is -1.89. The molecule has 2 atom stereocenters. The normalized spacial score (nSPS) is 15.6. The van der Waals surface area contributed by atoms with E-state index in [1.165, 1.54) is 25.5 Å². The maximum Gasteiger partial charge on any atom is 0.424 e. The highest BCUT2D eigenvalue weighted by Gasteiger charge is 2.57. The van der Waals surface area contributed by atoms with Crippen LogP contribution >= 0.6 is 0 Å². The number of rotatable bonds is 7. The van der Waals surface area contributed by atoms with Crippen molar-refractivity contribution < 1.29 is 27.1 Å². The predicted octanol–water partition coefficient (Wildman–Crippen LogP) is 3.15. The van der Waals surface area contributed by atoms with Gasteiger partial charge < -0.3 is 20.3 Å². The van der Waals surface area contributed by atoms with Crippen molar-refractivity contribution in [2.24, 2.45) is 12.0 Å². The quantitative estimate of drug-likeness (QED) is 0.356. The number of benzene rings is 1. The highest BCUT2D eigenvalue weighted by atomic mass is 19.4. The number of guanidine groups is 1. The summed E-state index contributed by atoms with van der Waals surface area (Å²) in [5, 5.41) is 16.1. The largest absolute Gasteiger partial charge is 0.424 e. The van der Waals surface area contributed by atoms with Gasteiger partial charge in [-0.05, 0) is 19.9 Å². The maximum absolute atomic E-state index is 14.0. The number of hydrogen-bond acceptors (Lipinski definition) is 3. The Bertz CT molecular complexity index is 882. The van der Waals surface area contributed by atoms with Crippen molar-refractivity contribution in [1.82, 2.24) is 20.2 Å². The minimum atomic E-state index is -4.96. The first-order valence-corrected chi connectivity index (χ1v) is 9.26. The van der Waals surface area contributed by atoms with Crippen LogP contribution in [0.25, 0.3) is 0 Å². The number of imidazole rings is 1. The zero-order valence-corrected chi connectivity index (χ0v) is 16.8. The molecule has 166 valence electrons. The van der Waals surface area contributed by atoms with Crippen LogP contribution in [-0.4, -0.2) is 39.9 Å². The number of hydrogen-bond donors (Lipinski definition) is 3. The summed E-state index contributed by atoms with van der Waals surface area (Å²) in [6.45, 7) is 3.35. The van der Waals surface area contributed by atoms with Gasteiger partial charge in [0.1, 0.15) is 17.5 Å². The molecule has 0 saturated carbocycles. The lowest BCUT2D eigenvalue weighted by molar-refractivity contribution is -0.272. The van der Waals surface area contributed by atoms with Gasteiger partial charge in [-0.3, -0.25) is 4.99 Å². The minimum absolute atomic E-state index is 0.123. The number of aliphatic hydroxyl groups is 1. The SMILES string of the molecule is CCNC(=NCCC(O)(c1nccn1C)C(F)(F)F)NC(C)c1ccc(F)cc1F. The minimum Gasteiger partial charge on any atom is -0.374 e. The highest BCUT2D eigenvalue weighted by Crippen LogP contribution is 2.40. The fourth-order valence-electron chi connectivity index (χ4n) is 2.93. The molecule has 2 aromatic rings. The van der Waals surface area contributed by atoms with Gasteiger partial charge in [0.15, 0.2) is 5.96 Å². The van der Waals surface area contributed by atoms with Gasteiger partial charge in [-0.1, -0.05) is 6.07 Å². The molecule has 11 heteroatoms. The molecule has 0 radical (unpaired) electrons. The third-order valence-electron chi connectivity index (χ3n) is 4.53.